The van der Waals surface area contributed by atoms with E-state index in [2.05, 4.69) is 28.8 Å². The van der Waals surface area contributed by atoms with E-state index in [4.69, 9.17) is 0 Å². The zero-order valence-electron chi connectivity index (χ0n) is 10.5. The van der Waals surface area contributed by atoms with Crippen LogP contribution in [0.2, 0.25) is 0 Å². The smallest absolute Gasteiger partial charge is 0.0345 e. The Morgan fingerprint density at radius 3 is 2.82 bits per heavy atom. The molecule has 2 N–H and O–H groups in total. The van der Waals surface area contributed by atoms with Crippen LogP contribution in [0, 0.1) is 0 Å². The van der Waals surface area contributed by atoms with Gasteiger partial charge in [0, 0.05) is 18.3 Å². The van der Waals surface area contributed by atoms with Crippen LogP contribution in [0.5, 0.6) is 0 Å². The maximum atomic E-state index is 3.70. The normalized spacial score (nSPS) is 20.9. The number of benzene rings is 1. The molecule has 0 atom stereocenters. The molecule has 0 amide bonds. The molecule has 1 aliphatic heterocycles. The van der Waals surface area contributed by atoms with Crippen LogP contribution in [-0.2, 0) is 13.0 Å². The zero-order valence-corrected chi connectivity index (χ0v) is 10.5. The van der Waals surface area contributed by atoms with E-state index in [1.165, 1.54) is 55.3 Å². The third-order valence-corrected chi connectivity index (χ3v) is 4.07. The van der Waals surface area contributed by atoms with Gasteiger partial charge in [-0.25, -0.2) is 0 Å². The first-order valence-electron chi connectivity index (χ1n) is 7.01. The molecule has 1 heterocycles. The van der Waals surface area contributed by atoms with Gasteiger partial charge < -0.3 is 10.6 Å². The molecule has 0 spiro atoms. The summed E-state index contributed by atoms with van der Waals surface area (Å²) in [5, 5.41) is 7.15. The van der Waals surface area contributed by atoms with E-state index in [1.54, 1.807) is 0 Å². The summed E-state index contributed by atoms with van der Waals surface area (Å²) >= 11 is 0. The second-order valence-corrected chi connectivity index (χ2v) is 5.39. The minimum Gasteiger partial charge on any atom is -0.382 e. The van der Waals surface area contributed by atoms with Crippen molar-refractivity contribution in [1.29, 1.82) is 0 Å². The molecule has 0 saturated heterocycles. The summed E-state index contributed by atoms with van der Waals surface area (Å²) in [6.45, 7) is 2.16. The van der Waals surface area contributed by atoms with Crippen LogP contribution in [0.15, 0.2) is 18.2 Å². The predicted octanol–water partition coefficient (Wildman–Crippen LogP) is 3.08. The van der Waals surface area contributed by atoms with Crippen LogP contribution >= 0.6 is 0 Å². The SMILES string of the molecule is c1cc2c(cc1NC1CCCCC1)CNCC2. The second-order valence-electron chi connectivity index (χ2n) is 5.39. The van der Waals surface area contributed by atoms with Crippen LogP contribution in [-0.4, -0.2) is 12.6 Å². The zero-order chi connectivity index (χ0) is 11.5. The largest absolute Gasteiger partial charge is 0.382 e. The maximum Gasteiger partial charge on any atom is 0.0345 e. The quantitative estimate of drug-likeness (QED) is 0.816. The van der Waals surface area contributed by atoms with Crippen molar-refractivity contribution in [2.75, 3.05) is 11.9 Å². The van der Waals surface area contributed by atoms with Gasteiger partial charge in [0.15, 0.2) is 0 Å². The lowest BCUT2D eigenvalue weighted by molar-refractivity contribution is 0.462. The van der Waals surface area contributed by atoms with Crippen LogP contribution in [0.4, 0.5) is 5.69 Å². The first kappa shape index (κ1) is 11.1. The molecule has 1 aliphatic carbocycles. The molecule has 0 radical (unpaired) electrons. The van der Waals surface area contributed by atoms with E-state index in [0.717, 1.165) is 13.1 Å². The number of nitrogens with one attached hydrogen (secondary N) is 2. The van der Waals surface area contributed by atoms with Crippen molar-refractivity contribution in [3.63, 3.8) is 0 Å². The molecule has 3 rings (SSSR count). The van der Waals surface area contributed by atoms with Gasteiger partial charge in [-0.15, -0.1) is 0 Å². The average molecular weight is 230 g/mol. The highest BCUT2D eigenvalue weighted by atomic mass is 14.9. The molecule has 1 aromatic rings. The van der Waals surface area contributed by atoms with E-state index >= 15 is 0 Å². The van der Waals surface area contributed by atoms with E-state index in [0.29, 0.717) is 6.04 Å². The Morgan fingerprint density at radius 2 is 1.94 bits per heavy atom. The summed E-state index contributed by atoms with van der Waals surface area (Å²) in [6, 6.07) is 7.62. The Bertz CT molecular complexity index is 381. The lowest BCUT2D eigenvalue weighted by Crippen LogP contribution is -2.25. The minimum atomic E-state index is 0.707. The van der Waals surface area contributed by atoms with Gasteiger partial charge in [-0.2, -0.15) is 0 Å². The minimum absolute atomic E-state index is 0.707. The van der Waals surface area contributed by atoms with Gasteiger partial charge in [0.05, 0.1) is 0 Å². The molecule has 92 valence electrons. The van der Waals surface area contributed by atoms with Crippen molar-refractivity contribution >= 4 is 5.69 Å². The number of fused-ring (bicyclic) bond motifs is 1. The molecular weight excluding hydrogens is 208 g/mol. The van der Waals surface area contributed by atoms with E-state index in [1.807, 2.05) is 0 Å². The molecule has 17 heavy (non-hydrogen) atoms. The van der Waals surface area contributed by atoms with Crippen molar-refractivity contribution in [2.24, 2.45) is 0 Å². The Morgan fingerprint density at radius 1 is 1.06 bits per heavy atom. The summed E-state index contributed by atoms with van der Waals surface area (Å²) < 4.78 is 0. The molecule has 0 bridgehead atoms. The number of hydrogen-bond donors (Lipinski definition) is 2. The first-order chi connectivity index (χ1) is 8.42. The topological polar surface area (TPSA) is 24.1 Å². The molecule has 1 fully saturated rings. The maximum absolute atomic E-state index is 3.70. The van der Waals surface area contributed by atoms with E-state index in [-0.39, 0.29) is 0 Å². The number of anilines is 1. The average Bonchev–Trinajstić information content (AvgIpc) is 2.40. The van der Waals surface area contributed by atoms with Crippen LogP contribution < -0.4 is 10.6 Å². The summed E-state index contributed by atoms with van der Waals surface area (Å²) in [5.41, 5.74) is 4.33. The molecule has 1 aromatic carbocycles. The number of rotatable bonds is 2. The standard InChI is InChI=1S/C15H22N2/c1-2-4-14(5-3-1)17-15-7-6-12-8-9-16-11-13(12)10-15/h6-7,10,14,16-17H,1-5,8-9,11H2. The monoisotopic (exact) mass is 230 g/mol. The Hall–Kier alpha value is -1.02. The van der Waals surface area contributed by atoms with Gasteiger partial charge in [-0.05, 0) is 49.1 Å². The van der Waals surface area contributed by atoms with E-state index in [9.17, 15) is 0 Å². The van der Waals surface area contributed by atoms with Crippen molar-refractivity contribution in [1.82, 2.24) is 5.32 Å². The summed E-state index contributed by atoms with van der Waals surface area (Å²) in [4.78, 5) is 0. The van der Waals surface area contributed by atoms with Gasteiger partial charge in [0.2, 0.25) is 0 Å². The molecule has 2 aliphatic rings. The van der Waals surface area contributed by atoms with Crippen molar-refractivity contribution in [2.45, 2.75) is 51.1 Å². The fraction of sp³-hybridized carbons (Fsp3) is 0.600. The predicted molar refractivity (Wildman–Crippen MR) is 72.3 cm³/mol. The number of hydrogen-bond acceptors (Lipinski definition) is 2. The van der Waals surface area contributed by atoms with Crippen LogP contribution in [0.3, 0.4) is 0 Å². The van der Waals surface area contributed by atoms with Gasteiger partial charge >= 0.3 is 0 Å². The van der Waals surface area contributed by atoms with E-state index < -0.39 is 0 Å². The molecule has 0 aromatic heterocycles. The van der Waals surface area contributed by atoms with Crippen molar-refractivity contribution < 1.29 is 0 Å². The molecular formula is C15H22N2. The molecule has 2 nitrogen and oxygen atoms in total. The molecule has 0 unspecified atom stereocenters. The van der Waals surface area contributed by atoms with Crippen molar-refractivity contribution in [3.8, 4) is 0 Å². The van der Waals surface area contributed by atoms with Crippen LogP contribution in [0.1, 0.15) is 43.2 Å². The summed E-state index contributed by atoms with van der Waals surface area (Å²) in [7, 11) is 0. The summed E-state index contributed by atoms with van der Waals surface area (Å²) in [5.74, 6) is 0. The highest BCUT2D eigenvalue weighted by Crippen LogP contribution is 2.24. The Labute approximate surface area is 104 Å². The highest BCUT2D eigenvalue weighted by Gasteiger charge is 2.14. The fourth-order valence-electron chi connectivity index (χ4n) is 3.05. The van der Waals surface area contributed by atoms with Crippen LogP contribution in [0.25, 0.3) is 0 Å². The third kappa shape index (κ3) is 2.63. The molecule has 2 heteroatoms. The first-order valence-corrected chi connectivity index (χ1v) is 7.01. The molecule has 1 saturated carbocycles. The lowest BCUT2D eigenvalue weighted by Gasteiger charge is -2.25. The highest BCUT2D eigenvalue weighted by molar-refractivity contribution is 5.50. The van der Waals surface area contributed by atoms with Gasteiger partial charge in [0.1, 0.15) is 0 Å². The van der Waals surface area contributed by atoms with Gasteiger partial charge in [0.25, 0.3) is 0 Å². The Kier molecular flexibility index (Phi) is 3.32. The second kappa shape index (κ2) is 5.09. The third-order valence-electron chi connectivity index (χ3n) is 4.07. The van der Waals surface area contributed by atoms with Gasteiger partial charge in [-0.3, -0.25) is 0 Å². The van der Waals surface area contributed by atoms with Gasteiger partial charge in [-0.1, -0.05) is 25.3 Å². The summed E-state index contributed by atoms with van der Waals surface area (Å²) in [6.07, 6.45) is 8.07. The lowest BCUT2D eigenvalue weighted by atomic mass is 9.94. The Balaban J connectivity index is 1.70. The van der Waals surface area contributed by atoms with Crippen molar-refractivity contribution in [3.05, 3.63) is 29.3 Å². The fourth-order valence-corrected chi connectivity index (χ4v) is 3.05.